The summed E-state index contributed by atoms with van der Waals surface area (Å²) < 4.78 is 4.73. The van der Waals surface area contributed by atoms with E-state index < -0.39 is 54.2 Å². The highest BCUT2D eigenvalue weighted by atomic mass is 16.6. The summed E-state index contributed by atoms with van der Waals surface area (Å²) in [5.41, 5.74) is 3.60. The van der Waals surface area contributed by atoms with Gasteiger partial charge in [-0.15, -0.1) is 0 Å². The molecule has 1 spiro atoms. The number of carbonyl (C=O) groups is 1. The number of aliphatic hydroxyl groups is 5. The van der Waals surface area contributed by atoms with E-state index in [1.165, 1.54) is 0 Å². The lowest BCUT2D eigenvalue weighted by Gasteiger charge is -2.59. The quantitative estimate of drug-likeness (QED) is 0.215. The van der Waals surface area contributed by atoms with E-state index in [2.05, 4.69) is 10.3 Å². The molecule has 1 aliphatic carbocycles. The molecule has 0 aromatic rings. The number of nitrogens with two attached hydrogens (primary N) is 1. The summed E-state index contributed by atoms with van der Waals surface area (Å²) in [4.78, 5) is 15.3. The Morgan fingerprint density at radius 3 is 2.50 bits per heavy atom. The Bertz CT molecular complexity index is 485. The van der Waals surface area contributed by atoms with Crippen LogP contribution in [0.5, 0.6) is 0 Å². The van der Waals surface area contributed by atoms with Crippen LogP contribution < -0.4 is 11.1 Å². The number of aliphatic hydroxyl groups excluding tert-OH is 5. The zero-order valence-corrected chi connectivity index (χ0v) is 10.1. The number of aliphatic imine (C=N–C) groups is 1. The van der Waals surface area contributed by atoms with Crippen LogP contribution in [0.15, 0.2) is 4.99 Å². The van der Waals surface area contributed by atoms with Crippen LogP contribution in [0.3, 0.4) is 0 Å². The highest BCUT2D eigenvalue weighted by Gasteiger charge is 2.71. The van der Waals surface area contributed by atoms with Gasteiger partial charge in [-0.1, -0.05) is 0 Å². The predicted octanol–water partition coefficient (Wildman–Crippen LogP) is -5.04. The van der Waals surface area contributed by atoms with Crippen molar-refractivity contribution < 1.29 is 35.1 Å². The molecule has 3 aliphatic rings. The SMILES string of the molecule is NC1=N[C@H](O)C2C(O)[C@@H](O)C3OC(=O)[C@@H](O)[C@]2(N1)[C@@H]3O. The van der Waals surface area contributed by atoms with Crippen molar-refractivity contribution in [2.45, 2.75) is 42.3 Å². The van der Waals surface area contributed by atoms with Crippen molar-refractivity contribution >= 4 is 11.9 Å². The molecule has 3 unspecified atom stereocenters. The second-order valence-corrected chi connectivity index (χ2v) is 5.24. The molecular weight excluding hydrogens is 274 g/mol. The van der Waals surface area contributed by atoms with Gasteiger partial charge in [0.15, 0.2) is 24.4 Å². The minimum Gasteiger partial charge on any atom is -0.455 e. The first-order valence-corrected chi connectivity index (χ1v) is 6.03. The van der Waals surface area contributed by atoms with Crippen LogP contribution >= 0.6 is 0 Å². The zero-order chi connectivity index (χ0) is 14.8. The van der Waals surface area contributed by atoms with E-state index in [0.29, 0.717) is 0 Å². The van der Waals surface area contributed by atoms with E-state index in [4.69, 9.17) is 10.5 Å². The molecule has 2 bridgehead atoms. The van der Waals surface area contributed by atoms with Gasteiger partial charge in [-0.3, -0.25) is 0 Å². The number of hydrogen-bond donors (Lipinski definition) is 7. The summed E-state index contributed by atoms with van der Waals surface area (Å²) in [6.45, 7) is 0. The molecule has 10 nitrogen and oxygen atoms in total. The summed E-state index contributed by atoms with van der Waals surface area (Å²) in [6.07, 6.45) is -9.71. The van der Waals surface area contributed by atoms with Gasteiger partial charge in [0.2, 0.25) is 0 Å². The smallest absolute Gasteiger partial charge is 0.338 e. The van der Waals surface area contributed by atoms with Crippen LogP contribution in [-0.2, 0) is 9.53 Å². The Labute approximate surface area is 112 Å². The molecule has 3 rings (SSSR count). The van der Waals surface area contributed by atoms with Crippen molar-refractivity contribution in [2.75, 3.05) is 0 Å². The number of hydrogen-bond acceptors (Lipinski definition) is 10. The van der Waals surface area contributed by atoms with Gasteiger partial charge in [0.05, 0.1) is 12.0 Å². The van der Waals surface area contributed by atoms with Gasteiger partial charge in [-0.25, -0.2) is 9.79 Å². The number of nitrogens with one attached hydrogen (secondary N) is 1. The number of carbonyl (C=O) groups excluding carboxylic acids is 1. The average Bonchev–Trinajstić information content (AvgIpc) is 2.37. The van der Waals surface area contributed by atoms with Gasteiger partial charge < -0.3 is 41.3 Å². The van der Waals surface area contributed by atoms with Gasteiger partial charge in [0.1, 0.15) is 17.7 Å². The molecule has 2 heterocycles. The van der Waals surface area contributed by atoms with Crippen molar-refractivity contribution in [3.8, 4) is 0 Å². The lowest BCUT2D eigenvalue weighted by Crippen LogP contribution is -2.85. The molecule has 20 heavy (non-hydrogen) atoms. The minimum atomic E-state index is -1.88. The van der Waals surface area contributed by atoms with Crippen LogP contribution in [0.25, 0.3) is 0 Å². The Kier molecular flexibility index (Phi) is 2.72. The first kappa shape index (κ1) is 13.5. The molecule has 112 valence electrons. The van der Waals surface area contributed by atoms with Crippen LogP contribution in [0, 0.1) is 5.92 Å². The molecule has 2 aliphatic heterocycles. The number of fused-ring (bicyclic) bond motifs is 1. The summed E-state index contributed by atoms with van der Waals surface area (Å²) in [7, 11) is 0. The number of rotatable bonds is 0. The normalized spacial score (nSPS) is 54.4. The maximum atomic E-state index is 11.7. The fourth-order valence-electron chi connectivity index (χ4n) is 3.34. The third-order valence-corrected chi connectivity index (χ3v) is 4.27. The third kappa shape index (κ3) is 1.39. The largest absolute Gasteiger partial charge is 0.455 e. The molecule has 8 N–H and O–H groups in total. The van der Waals surface area contributed by atoms with E-state index in [-0.39, 0.29) is 5.96 Å². The second kappa shape index (κ2) is 4.02. The molecule has 10 heteroatoms. The van der Waals surface area contributed by atoms with E-state index in [0.717, 1.165) is 0 Å². The number of guanidine groups is 1. The van der Waals surface area contributed by atoms with E-state index in [9.17, 15) is 30.3 Å². The molecule has 0 amide bonds. The van der Waals surface area contributed by atoms with Crippen LogP contribution in [0.1, 0.15) is 0 Å². The lowest BCUT2D eigenvalue weighted by atomic mass is 9.61. The molecule has 0 radical (unpaired) electrons. The van der Waals surface area contributed by atoms with Gasteiger partial charge in [-0.2, -0.15) is 0 Å². The van der Waals surface area contributed by atoms with E-state index in [1.807, 2.05) is 0 Å². The molecule has 1 saturated heterocycles. The van der Waals surface area contributed by atoms with E-state index in [1.54, 1.807) is 0 Å². The standard InChI is InChI=1S/C10H15N3O7/c11-9-12-7(18)1-2(14)3(15)4-5(16)10(1,13-9)6(17)8(19)20-4/h1-7,14-18H,(H3,11,12,13)/t1?,2?,3-,4?,5-,6-,7-,10-/m1/s1. The lowest BCUT2D eigenvalue weighted by molar-refractivity contribution is -0.271. The van der Waals surface area contributed by atoms with Crippen LogP contribution in [0.2, 0.25) is 0 Å². The molecule has 2 fully saturated rings. The Morgan fingerprint density at radius 2 is 1.85 bits per heavy atom. The van der Waals surface area contributed by atoms with Gasteiger partial charge >= 0.3 is 5.97 Å². The highest BCUT2D eigenvalue weighted by molar-refractivity contribution is 5.84. The van der Waals surface area contributed by atoms with Crippen LogP contribution in [0.4, 0.5) is 0 Å². The zero-order valence-electron chi connectivity index (χ0n) is 10.1. The van der Waals surface area contributed by atoms with Crippen molar-refractivity contribution in [1.29, 1.82) is 0 Å². The number of nitrogens with zero attached hydrogens (tertiary/aromatic N) is 1. The molecular formula is C10H15N3O7. The third-order valence-electron chi connectivity index (χ3n) is 4.27. The maximum absolute atomic E-state index is 11.7. The maximum Gasteiger partial charge on any atom is 0.338 e. The van der Waals surface area contributed by atoms with Gasteiger partial charge in [0, 0.05) is 0 Å². The summed E-state index contributed by atoms with van der Waals surface area (Å²) >= 11 is 0. The minimum absolute atomic E-state index is 0.302. The van der Waals surface area contributed by atoms with Gasteiger partial charge in [-0.05, 0) is 0 Å². The first-order chi connectivity index (χ1) is 9.30. The molecule has 1 saturated carbocycles. The topological polar surface area (TPSA) is 178 Å². The van der Waals surface area contributed by atoms with Crippen LogP contribution in [-0.4, -0.2) is 79.7 Å². The van der Waals surface area contributed by atoms with Gasteiger partial charge in [0.25, 0.3) is 0 Å². The van der Waals surface area contributed by atoms with Crippen molar-refractivity contribution in [2.24, 2.45) is 16.6 Å². The summed E-state index contributed by atoms with van der Waals surface area (Å²) in [5.74, 6) is -2.73. The second-order valence-electron chi connectivity index (χ2n) is 5.24. The fourth-order valence-corrected chi connectivity index (χ4v) is 3.34. The molecule has 8 atom stereocenters. The number of esters is 1. The predicted molar refractivity (Wildman–Crippen MR) is 60.9 cm³/mol. The number of ether oxygens (including phenoxy) is 1. The molecule has 0 aromatic carbocycles. The Hall–Kier alpha value is -1.46. The average molecular weight is 289 g/mol. The van der Waals surface area contributed by atoms with Crippen molar-refractivity contribution in [3.63, 3.8) is 0 Å². The Morgan fingerprint density at radius 1 is 1.20 bits per heavy atom. The van der Waals surface area contributed by atoms with Crippen molar-refractivity contribution in [3.05, 3.63) is 0 Å². The van der Waals surface area contributed by atoms with Crippen molar-refractivity contribution in [1.82, 2.24) is 5.32 Å². The summed E-state index contributed by atoms with van der Waals surface area (Å²) in [5, 5.41) is 52.8. The molecule has 0 aromatic heterocycles. The monoisotopic (exact) mass is 289 g/mol. The highest BCUT2D eigenvalue weighted by Crippen LogP contribution is 2.45. The van der Waals surface area contributed by atoms with E-state index >= 15 is 0 Å². The fraction of sp³-hybridized carbons (Fsp3) is 0.800. The Balaban J connectivity index is 2.18. The first-order valence-electron chi connectivity index (χ1n) is 6.03. The summed E-state index contributed by atoms with van der Waals surface area (Å²) in [6, 6.07) is 0.